The van der Waals surface area contributed by atoms with E-state index in [9.17, 15) is 9.90 Å². The predicted octanol–water partition coefficient (Wildman–Crippen LogP) is 2.48. The van der Waals surface area contributed by atoms with E-state index in [4.69, 9.17) is 4.74 Å². The lowest BCUT2D eigenvalue weighted by molar-refractivity contribution is -0.125. The van der Waals surface area contributed by atoms with E-state index in [2.05, 4.69) is 0 Å². The molecular weight excluding hydrogens is 242 g/mol. The molecule has 1 aromatic carbocycles. The van der Waals surface area contributed by atoms with Gasteiger partial charge in [-0.15, -0.1) is 0 Å². The van der Waals surface area contributed by atoms with Crippen molar-refractivity contribution in [1.29, 1.82) is 0 Å². The highest BCUT2D eigenvalue weighted by molar-refractivity contribution is 5.95. The van der Waals surface area contributed by atoms with Crippen LogP contribution in [0.1, 0.15) is 25.3 Å². The largest absolute Gasteiger partial charge is 0.508 e. The highest BCUT2D eigenvalue weighted by Gasteiger charge is 2.27. The van der Waals surface area contributed by atoms with E-state index < -0.39 is 0 Å². The number of rotatable bonds is 3. The molecule has 2 rings (SSSR count). The molecule has 104 valence electrons. The first-order valence-electron chi connectivity index (χ1n) is 6.82. The lowest BCUT2D eigenvalue weighted by Gasteiger charge is -2.29. The Balaban J connectivity index is 2.23. The van der Waals surface area contributed by atoms with Crippen LogP contribution in [0.25, 0.3) is 0 Å². The Labute approximate surface area is 114 Å². The standard InChI is InChI=1S/C15H21NO3/c1-3-16(14-10-13(17)5-4-11(14)2)15(18)12-6-8-19-9-7-12/h4-5,10,12,17H,3,6-9H2,1-2H3. The van der Waals surface area contributed by atoms with Crippen molar-refractivity contribution in [1.82, 2.24) is 0 Å². The van der Waals surface area contributed by atoms with Crippen molar-refractivity contribution >= 4 is 11.6 Å². The van der Waals surface area contributed by atoms with Gasteiger partial charge in [-0.3, -0.25) is 4.79 Å². The van der Waals surface area contributed by atoms with Gasteiger partial charge in [0.1, 0.15) is 5.75 Å². The smallest absolute Gasteiger partial charge is 0.230 e. The summed E-state index contributed by atoms with van der Waals surface area (Å²) in [6, 6.07) is 5.15. The Bertz CT molecular complexity index is 453. The van der Waals surface area contributed by atoms with Crippen LogP contribution in [0.15, 0.2) is 18.2 Å². The summed E-state index contributed by atoms with van der Waals surface area (Å²) in [5.74, 6) is 0.369. The molecule has 1 amide bonds. The van der Waals surface area contributed by atoms with E-state index in [1.807, 2.05) is 19.9 Å². The number of aromatic hydroxyl groups is 1. The van der Waals surface area contributed by atoms with Gasteiger partial charge in [-0.25, -0.2) is 0 Å². The molecule has 1 aromatic rings. The third-order valence-corrected chi connectivity index (χ3v) is 3.64. The van der Waals surface area contributed by atoms with Gasteiger partial charge in [0.25, 0.3) is 0 Å². The van der Waals surface area contributed by atoms with Gasteiger partial charge in [0, 0.05) is 31.7 Å². The molecule has 0 bridgehead atoms. The van der Waals surface area contributed by atoms with Gasteiger partial charge in [-0.05, 0) is 38.3 Å². The normalized spacial score (nSPS) is 16.3. The van der Waals surface area contributed by atoms with Crippen LogP contribution in [0.4, 0.5) is 5.69 Å². The van der Waals surface area contributed by atoms with E-state index in [0.717, 1.165) is 24.1 Å². The number of nitrogens with zero attached hydrogens (tertiary/aromatic N) is 1. The lowest BCUT2D eigenvalue weighted by Crippen LogP contribution is -2.38. The molecule has 0 radical (unpaired) electrons. The topological polar surface area (TPSA) is 49.8 Å². The number of anilines is 1. The van der Waals surface area contributed by atoms with Crippen molar-refractivity contribution in [2.24, 2.45) is 5.92 Å². The number of hydrogen-bond donors (Lipinski definition) is 1. The predicted molar refractivity (Wildman–Crippen MR) is 74.4 cm³/mol. The molecule has 0 aromatic heterocycles. The van der Waals surface area contributed by atoms with Crippen molar-refractivity contribution in [2.45, 2.75) is 26.7 Å². The van der Waals surface area contributed by atoms with E-state index in [1.54, 1.807) is 17.0 Å². The van der Waals surface area contributed by atoms with Gasteiger partial charge in [-0.1, -0.05) is 6.07 Å². The minimum atomic E-state index is 0.0375. The number of phenols is 1. The fraction of sp³-hybridized carbons (Fsp3) is 0.533. The Morgan fingerprint density at radius 3 is 2.74 bits per heavy atom. The van der Waals surface area contributed by atoms with E-state index >= 15 is 0 Å². The van der Waals surface area contributed by atoms with E-state index in [1.165, 1.54) is 0 Å². The van der Waals surface area contributed by atoms with Crippen molar-refractivity contribution < 1.29 is 14.6 Å². The van der Waals surface area contributed by atoms with Gasteiger partial charge in [0.15, 0.2) is 0 Å². The molecule has 4 heteroatoms. The van der Waals surface area contributed by atoms with Crippen LogP contribution in [0.3, 0.4) is 0 Å². The minimum Gasteiger partial charge on any atom is -0.508 e. The highest BCUT2D eigenvalue weighted by atomic mass is 16.5. The number of amides is 1. The summed E-state index contributed by atoms with van der Waals surface area (Å²) in [6.07, 6.45) is 1.57. The molecule has 19 heavy (non-hydrogen) atoms. The summed E-state index contributed by atoms with van der Waals surface area (Å²) in [7, 11) is 0. The number of carbonyl (C=O) groups is 1. The number of aryl methyl sites for hydroxylation is 1. The van der Waals surface area contributed by atoms with Crippen molar-refractivity contribution in [3.8, 4) is 5.75 Å². The third-order valence-electron chi connectivity index (χ3n) is 3.64. The molecule has 1 aliphatic rings. The average molecular weight is 263 g/mol. The molecule has 0 saturated carbocycles. The fourth-order valence-corrected chi connectivity index (χ4v) is 2.50. The maximum absolute atomic E-state index is 12.6. The molecule has 0 aliphatic carbocycles. The van der Waals surface area contributed by atoms with Crippen LogP contribution in [0.5, 0.6) is 5.75 Å². The van der Waals surface area contributed by atoms with E-state index in [0.29, 0.717) is 19.8 Å². The average Bonchev–Trinajstić information content (AvgIpc) is 2.44. The lowest BCUT2D eigenvalue weighted by atomic mass is 9.98. The molecule has 1 heterocycles. The second-order valence-electron chi connectivity index (χ2n) is 4.94. The molecular formula is C15H21NO3. The summed E-state index contributed by atoms with van der Waals surface area (Å²) in [4.78, 5) is 14.4. The molecule has 1 N–H and O–H groups in total. The zero-order valence-electron chi connectivity index (χ0n) is 11.6. The van der Waals surface area contributed by atoms with Crippen LogP contribution in [0, 0.1) is 12.8 Å². The molecule has 1 saturated heterocycles. The third kappa shape index (κ3) is 3.07. The van der Waals surface area contributed by atoms with Gasteiger partial charge in [0.2, 0.25) is 5.91 Å². The first kappa shape index (κ1) is 13.9. The molecule has 0 atom stereocenters. The van der Waals surface area contributed by atoms with Crippen molar-refractivity contribution in [3.63, 3.8) is 0 Å². The number of carbonyl (C=O) groups excluding carboxylic acids is 1. The molecule has 1 fully saturated rings. The second-order valence-corrected chi connectivity index (χ2v) is 4.94. The van der Waals surface area contributed by atoms with Crippen LogP contribution >= 0.6 is 0 Å². The van der Waals surface area contributed by atoms with Gasteiger partial charge < -0.3 is 14.7 Å². The van der Waals surface area contributed by atoms with Gasteiger partial charge in [-0.2, -0.15) is 0 Å². The zero-order chi connectivity index (χ0) is 13.8. The maximum Gasteiger partial charge on any atom is 0.230 e. The first-order chi connectivity index (χ1) is 9.13. The molecule has 4 nitrogen and oxygen atoms in total. The Hall–Kier alpha value is -1.55. The zero-order valence-corrected chi connectivity index (χ0v) is 11.6. The summed E-state index contributed by atoms with van der Waals surface area (Å²) < 4.78 is 5.30. The maximum atomic E-state index is 12.6. The summed E-state index contributed by atoms with van der Waals surface area (Å²) >= 11 is 0. The van der Waals surface area contributed by atoms with Gasteiger partial charge in [0.05, 0.1) is 5.69 Å². The minimum absolute atomic E-state index is 0.0375. The quantitative estimate of drug-likeness (QED) is 0.911. The highest BCUT2D eigenvalue weighted by Crippen LogP contribution is 2.28. The van der Waals surface area contributed by atoms with Gasteiger partial charge >= 0.3 is 0 Å². The SMILES string of the molecule is CCN(C(=O)C1CCOCC1)c1cc(O)ccc1C. The summed E-state index contributed by atoms with van der Waals surface area (Å²) in [5, 5.41) is 9.62. The summed E-state index contributed by atoms with van der Waals surface area (Å²) in [6.45, 7) is 5.84. The Morgan fingerprint density at radius 1 is 1.42 bits per heavy atom. The second kappa shape index (κ2) is 6.06. The number of benzene rings is 1. The number of ether oxygens (including phenoxy) is 1. The monoisotopic (exact) mass is 263 g/mol. The summed E-state index contributed by atoms with van der Waals surface area (Å²) in [5.41, 5.74) is 1.80. The number of phenolic OH excluding ortho intramolecular Hbond substituents is 1. The molecule has 0 unspecified atom stereocenters. The first-order valence-corrected chi connectivity index (χ1v) is 6.82. The van der Waals surface area contributed by atoms with Crippen LogP contribution in [0.2, 0.25) is 0 Å². The van der Waals surface area contributed by atoms with E-state index in [-0.39, 0.29) is 17.6 Å². The molecule has 0 spiro atoms. The molecule has 1 aliphatic heterocycles. The van der Waals surface area contributed by atoms with Crippen LogP contribution < -0.4 is 4.90 Å². The van der Waals surface area contributed by atoms with Crippen LogP contribution in [-0.2, 0) is 9.53 Å². The van der Waals surface area contributed by atoms with Crippen molar-refractivity contribution in [2.75, 3.05) is 24.7 Å². The fourth-order valence-electron chi connectivity index (χ4n) is 2.50. The van der Waals surface area contributed by atoms with Crippen molar-refractivity contribution in [3.05, 3.63) is 23.8 Å². The number of hydrogen-bond acceptors (Lipinski definition) is 3. The Morgan fingerprint density at radius 2 is 2.11 bits per heavy atom. The van der Waals surface area contributed by atoms with Crippen LogP contribution in [-0.4, -0.2) is 30.8 Å². The Kier molecular flexibility index (Phi) is 4.43.